The molecule has 30 heavy (non-hydrogen) atoms. The molecule has 4 rings (SSSR count). The molecule has 0 atom stereocenters. The first-order chi connectivity index (χ1) is 14.5. The quantitative estimate of drug-likeness (QED) is 0.567. The highest BCUT2D eigenvalue weighted by Gasteiger charge is 2.13. The fourth-order valence-corrected chi connectivity index (χ4v) is 3.10. The van der Waals surface area contributed by atoms with Gasteiger partial charge < -0.3 is 26.3 Å². The third-order valence-electron chi connectivity index (χ3n) is 4.54. The lowest BCUT2D eigenvalue weighted by Crippen LogP contribution is -2.18. The molecule has 5 N–H and O–H groups in total. The van der Waals surface area contributed by atoms with Crippen molar-refractivity contribution in [2.75, 3.05) is 29.5 Å². The lowest BCUT2D eigenvalue weighted by atomic mass is 10.1. The van der Waals surface area contributed by atoms with Crippen LogP contribution in [0, 0.1) is 0 Å². The summed E-state index contributed by atoms with van der Waals surface area (Å²) in [6, 6.07) is 20.4. The fraction of sp³-hybridized carbons (Fsp3) is 0.174. The van der Waals surface area contributed by atoms with E-state index >= 15 is 0 Å². The molecule has 1 aromatic heterocycles. The van der Waals surface area contributed by atoms with Gasteiger partial charge >= 0.3 is 5.97 Å². The molecule has 0 bridgehead atoms. The van der Waals surface area contributed by atoms with Crippen LogP contribution >= 0.6 is 0 Å². The first-order valence-corrected chi connectivity index (χ1v) is 9.49. The zero-order valence-corrected chi connectivity index (χ0v) is 16.7. The van der Waals surface area contributed by atoms with Crippen LogP contribution in [-0.4, -0.2) is 35.9 Å². The van der Waals surface area contributed by atoms with Crippen LogP contribution < -0.4 is 16.4 Å². The zero-order chi connectivity index (χ0) is 21.9. The molecule has 0 aliphatic carbocycles. The first kappa shape index (κ1) is 22.4. The summed E-state index contributed by atoms with van der Waals surface area (Å²) in [4.78, 5) is 25.4. The highest BCUT2D eigenvalue weighted by Crippen LogP contribution is 2.24. The summed E-state index contributed by atoms with van der Waals surface area (Å²) in [5.74, 6) is 0.0884. The van der Waals surface area contributed by atoms with Crippen molar-refractivity contribution in [2.24, 2.45) is 0 Å². The van der Waals surface area contributed by atoms with Gasteiger partial charge in [0, 0.05) is 30.0 Å². The summed E-state index contributed by atoms with van der Waals surface area (Å²) in [5, 5.41) is 8.49. The Morgan fingerprint density at radius 3 is 2.20 bits per heavy atom. The highest BCUT2D eigenvalue weighted by atomic mass is 16.4. The number of aromatic carboxylic acids is 1. The van der Waals surface area contributed by atoms with Crippen LogP contribution in [0.4, 0.5) is 17.2 Å². The molecule has 0 unspecified atom stereocenters. The number of nitrogens with zero attached hydrogens (tertiary/aromatic N) is 2. The second kappa shape index (κ2) is 11.2. The van der Waals surface area contributed by atoms with Gasteiger partial charge in [-0.15, -0.1) is 0 Å². The number of carbonyl (C=O) groups excluding carboxylic acids is 1. The number of pyridine rings is 1. The summed E-state index contributed by atoms with van der Waals surface area (Å²) in [5.41, 5.74) is 14.5. The van der Waals surface area contributed by atoms with Crippen molar-refractivity contribution >= 4 is 30.0 Å². The molecule has 1 aliphatic heterocycles. The normalized spacial score (nSPS) is 12.2. The molecule has 7 heteroatoms. The SMILES string of the molecule is C=O.Nc1cccc(-c2cccc(N3CCCC3)n2)c1.Nc1ccccc1C(=O)O. The van der Waals surface area contributed by atoms with Gasteiger partial charge in [-0.2, -0.15) is 0 Å². The number of nitrogens with two attached hydrogens (primary N) is 2. The highest BCUT2D eigenvalue weighted by molar-refractivity contribution is 5.93. The molecule has 1 fully saturated rings. The number of carboxylic acid groups (broad SMARTS) is 1. The smallest absolute Gasteiger partial charge is 0.337 e. The maximum absolute atomic E-state index is 10.3. The number of hydrogen-bond acceptors (Lipinski definition) is 6. The molecule has 2 heterocycles. The molecule has 0 spiro atoms. The van der Waals surface area contributed by atoms with Crippen LogP contribution in [0.15, 0.2) is 66.7 Å². The zero-order valence-electron chi connectivity index (χ0n) is 16.7. The Kier molecular flexibility index (Phi) is 8.38. The van der Waals surface area contributed by atoms with E-state index in [-0.39, 0.29) is 5.56 Å². The standard InChI is InChI=1S/C15H17N3.C7H7NO2.CH2O/c16-13-6-3-5-12(11-13)14-7-4-8-15(17-14)18-9-1-2-10-18;8-6-4-2-1-3-5(6)7(9)10;1-2/h3-8,11H,1-2,9-10,16H2;1-4H,8H2,(H,9,10);1H2. The van der Waals surface area contributed by atoms with Gasteiger partial charge in [0.15, 0.2) is 0 Å². The van der Waals surface area contributed by atoms with Crippen LogP contribution in [0.1, 0.15) is 23.2 Å². The van der Waals surface area contributed by atoms with Gasteiger partial charge in [0.2, 0.25) is 0 Å². The topological polar surface area (TPSA) is 123 Å². The van der Waals surface area contributed by atoms with Gasteiger partial charge in [-0.1, -0.05) is 30.3 Å². The summed E-state index contributed by atoms with van der Waals surface area (Å²) < 4.78 is 0. The van der Waals surface area contributed by atoms with Crippen molar-refractivity contribution in [3.63, 3.8) is 0 Å². The summed E-state index contributed by atoms with van der Waals surface area (Å²) >= 11 is 0. The molecule has 2 aromatic carbocycles. The number of carbonyl (C=O) groups is 2. The number of aromatic nitrogens is 1. The van der Waals surface area contributed by atoms with E-state index in [2.05, 4.69) is 17.0 Å². The largest absolute Gasteiger partial charge is 0.478 e. The summed E-state index contributed by atoms with van der Waals surface area (Å²) in [6.07, 6.45) is 2.54. The van der Waals surface area contributed by atoms with E-state index in [1.807, 2.05) is 37.1 Å². The van der Waals surface area contributed by atoms with Gasteiger partial charge in [-0.05, 0) is 49.2 Å². The average molecular weight is 406 g/mol. The Balaban J connectivity index is 0.000000228. The predicted octanol–water partition coefficient (Wildman–Crippen LogP) is 3.71. The second-order valence-corrected chi connectivity index (χ2v) is 6.59. The molecule has 0 radical (unpaired) electrons. The number of rotatable bonds is 3. The molecular weight excluding hydrogens is 380 g/mol. The Morgan fingerprint density at radius 2 is 1.60 bits per heavy atom. The summed E-state index contributed by atoms with van der Waals surface area (Å²) in [6.45, 7) is 4.24. The van der Waals surface area contributed by atoms with E-state index in [1.165, 1.54) is 18.9 Å². The van der Waals surface area contributed by atoms with E-state index in [1.54, 1.807) is 18.2 Å². The Labute approximate surface area is 176 Å². The average Bonchev–Trinajstić information content (AvgIpc) is 3.31. The first-order valence-electron chi connectivity index (χ1n) is 9.49. The van der Waals surface area contributed by atoms with Crippen molar-refractivity contribution in [3.8, 4) is 11.3 Å². The molecule has 7 nitrogen and oxygen atoms in total. The monoisotopic (exact) mass is 406 g/mol. The van der Waals surface area contributed by atoms with Crippen molar-refractivity contribution in [2.45, 2.75) is 12.8 Å². The number of nitrogen functional groups attached to an aromatic ring is 2. The fourth-order valence-electron chi connectivity index (χ4n) is 3.10. The van der Waals surface area contributed by atoms with Crippen molar-refractivity contribution in [1.82, 2.24) is 4.98 Å². The van der Waals surface area contributed by atoms with Crippen LogP contribution in [0.3, 0.4) is 0 Å². The molecule has 3 aromatic rings. The Hall–Kier alpha value is -3.87. The van der Waals surface area contributed by atoms with E-state index in [0.717, 1.165) is 35.9 Å². The molecule has 1 aliphatic rings. The molecule has 0 amide bonds. The van der Waals surface area contributed by atoms with Gasteiger partial charge in [0.25, 0.3) is 0 Å². The number of para-hydroxylation sites is 1. The Bertz CT molecular complexity index is 972. The molecular formula is C23H26N4O3. The van der Waals surface area contributed by atoms with Gasteiger partial charge in [-0.25, -0.2) is 9.78 Å². The third kappa shape index (κ3) is 6.07. The minimum atomic E-state index is -0.988. The number of hydrogen-bond donors (Lipinski definition) is 3. The number of carboxylic acids is 1. The minimum absolute atomic E-state index is 0.155. The van der Waals surface area contributed by atoms with Crippen molar-refractivity contribution in [3.05, 3.63) is 72.3 Å². The van der Waals surface area contributed by atoms with Gasteiger partial charge in [0.1, 0.15) is 12.6 Å². The van der Waals surface area contributed by atoms with Crippen molar-refractivity contribution in [1.29, 1.82) is 0 Å². The van der Waals surface area contributed by atoms with E-state index in [4.69, 9.17) is 26.4 Å². The molecule has 0 saturated carbocycles. The second-order valence-electron chi connectivity index (χ2n) is 6.59. The minimum Gasteiger partial charge on any atom is -0.478 e. The van der Waals surface area contributed by atoms with Crippen LogP contribution in [0.5, 0.6) is 0 Å². The van der Waals surface area contributed by atoms with E-state index in [9.17, 15) is 4.79 Å². The van der Waals surface area contributed by atoms with E-state index < -0.39 is 5.97 Å². The van der Waals surface area contributed by atoms with E-state index in [0.29, 0.717) is 5.69 Å². The van der Waals surface area contributed by atoms with Crippen LogP contribution in [0.2, 0.25) is 0 Å². The number of benzene rings is 2. The summed E-state index contributed by atoms with van der Waals surface area (Å²) in [7, 11) is 0. The van der Waals surface area contributed by atoms with Crippen LogP contribution in [-0.2, 0) is 4.79 Å². The number of anilines is 3. The van der Waals surface area contributed by atoms with Gasteiger partial charge in [0.05, 0.1) is 11.3 Å². The molecule has 1 saturated heterocycles. The lowest BCUT2D eigenvalue weighted by molar-refractivity contribution is -0.0980. The maximum Gasteiger partial charge on any atom is 0.337 e. The predicted molar refractivity (Wildman–Crippen MR) is 120 cm³/mol. The molecule has 156 valence electrons. The Morgan fingerprint density at radius 1 is 0.933 bits per heavy atom. The van der Waals surface area contributed by atoms with Gasteiger partial charge in [-0.3, -0.25) is 0 Å². The lowest BCUT2D eigenvalue weighted by Gasteiger charge is -2.17. The maximum atomic E-state index is 10.3. The third-order valence-corrected chi connectivity index (χ3v) is 4.54. The van der Waals surface area contributed by atoms with Crippen LogP contribution in [0.25, 0.3) is 11.3 Å². The van der Waals surface area contributed by atoms with Crippen molar-refractivity contribution < 1.29 is 14.7 Å².